The van der Waals surface area contributed by atoms with E-state index in [9.17, 15) is 9.59 Å². The number of ether oxygens (including phenoxy) is 2. The summed E-state index contributed by atoms with van der Waals surface area (Å²) in [6.45, 7) is 0.815. The number of carbonyl (C=O) groups excluding carboxylic acids is 2. The van der Waals surface area contributed by atoms with Crippen molar-refractivity contribution in [1.82, 2.24) is 15.4 Å². The van der Waals surface area contributed by atoms with Crippen molar-refractivity contribution in [3.05, 3.63) is 59.8 Å². The lowest BCUT2D eigenvalue weighted by atomic mass is 10.1. The molecule has 132 valence electrons. The molecule has 0 radical (unpaired) electrons. The highest BCUT2D eigenvalue weighted by molar-refractivity contribution is 6.08. The Morgan fingerprint density at radius 1 is 0.923 bits per heavy atom. The molecule has 1 aliphatic rings. The first-order valence-corrected chi connectivity index (χ1v) is 8.18. The van der Waals surface area contributed by atoms with E-state index >= 15 is 0 Å². The van der Waals surface area contributed by atoms with E-state index in [2.05, 4.69) is 10.9 Å². The largest absolute Gasteiger partial charge is 0.486 e. The second-order valence-electron chi connectivity index (χ2n) is 5.91. The van der Waals surface area contributed by atoms with Crippen molar-refractivity contribution < 1.29 is 19.1 Å². The summed E-state index contributed by atoms with van der Waals surface area (Å²) in [5.41, 5.74) is 6.63. The van der Waals surface area contributed by atoms with E-state index in [0.29, 0.717) is 35.8 Å². The number of carbonyl (C=O) groups is 2. The minimum Gasteiger partial charge on any atom is -0.486 e. The summed E-state index contributed by atoms with van der Waals surface area (Å²) < 4.78 is 12.9. The Morgan fingerprint density at radius 2 is 1.65 bits per heavy atom. The van der Waals surface area contributed by atoms with Crippen LogP contribution in [0.1, 0.15) is 20.7 Å². The molecule has 0 saturated carbocycles. The molecule has 0 unspecified atom stereocenters. The van der Waals surface area contributed by atoms with Gasteiger partial charge in [0.25, 0.3) is 11.8 Å². The maximum Gasteiger partial charge on any atom is 0.273 e. The van der Waals surface area contributed by atoms with Crippen LogP contribution in [0.25, 0.3) is 10.9 Å². The molecule has 2 amide bonds. The lowest BCUT2D eigenvalue weighted by Gasteiger charge is -2.20. The van der Waals surface area contributed by atoms with Crippen LogP contribution in [-0.4, -0.2) is 29.6 Å². The van der Waals surface area contributed by atoms with Crippen LogP contribution < -0.4 is 20.3 Å². The fraction of sp³-hybridized carbons (Fsp3) is 0.158. The van der Waals surface area contributed by atoms with Gasteiger partial charge in [-0.3, -0.25) is 20.4 Å². The Morgan fingerprint density at radius 3 is 2.50 bits per heavy atom. The molecule has 4 rings (SSSR count). The van der Waals surface area contributed by atoms with E-state index < -0.39 is 11.8 Å². The molecule has 2 N–H and O–H groups in total. The summed E-state index contributed by atoms with van der Waals surface area (Å²) in [6, 6.07) is 12.6. The third kappa shape index (κ3) is 2.73. The van der Waals surface area contributed by atoms with E-state index in [-0.39, 0.29) is 0 Å². The number of hydrazine groups is 1. The average molecular weight is 351 g/mol. The van der Waals surface area contributed by atoms with Gasteiger partial charge in [0.15, 0.2) is 11.5 Å². The van der Waals surface area contributed by atoms with Crippen LogP contribution in [0.5, 0.6) is 11.5 Å². The monoisotopic (exact) mass is 351 g/mol. The third-order valence-corrected chi connectivity index (χ3v) is 4.24. The van der Waals surface area contributed by atoms with Crippen molar-refractivity contribution in [1.29, 1.82) is 0 Å². The molecule has 1 aromatic heterocycles. The van der Waals surface area contributed by atoms with E-state index in [0.717, 1.165) is 10.9 Å². The molecule has 1 aliphatic heterocycles. The standard InChI is InChI=1S/C19H17N3O4/c1-22-11-14(12-5-2-3-7-15(12)22)19(24)21-20-18(23)13-6-4-8-16-17(13)26-10-9-25-16/h2-8,11H,9-10H2,1H3,(H,20,23)(H,21,24). The van der Waals surface area contributed by atoms with Gasteiger partial charge in [-0.2, -0.15) is 0 Å². The minimum atomic E-state index is -0.471. The molecule has 0 aliphatic carbocycles. The van der Waals surface area contributed by atoms with E-state index in [1.807, 2.05) is 35.9 Å². The predicted octanol–water partition coefficient (Wildman–Crippen LogP) is 2.02. The van der Waals surface area contributed by atoms with Crippen molar-refractivity contribution in [3.63, 3.8) is 0 Å². The predicted molar refractivity (Wildman–Crippen MR) is 95.3 cm³/mol. The molecule has 2 heterocycles. The highest BCUT2D eigenvalue weighted by Gasteiger charge is 2.21. The van der Waals surface area contributed by atoms with Crippen molar-refractivity contribution in [2.75, 3.05) is 13.2 Å². The van der Waals surface area contributed by atoms with Gasteiger partial charge in [0.1, 0.15) is 13.2 Å². The van der Waals surface area contributed by atoms with E-state index in [1.54, 1.807) is 24.4 Å². The maximum atomic E-state index is 12.5. The summed E-state index contributed by atoms with van der Waals surface area (Å²) in [6.07, 6.45) is 1.73. The summed E-state index contributed by atoms with van der Waals surface area (Å²) in [5, 5.41) is 0.815. The van der Waals surface area contributed by atoms with E-state index in [4.69, 9.17) is 9.47 Å². The molecule has 2 aromatic carbocycles. The highest BCUT2D eigenvalue weighted by Crippen LogP contribution is 2.33. The zero-order chi connectivity index (χ0) is 18.1. The van der Waals surface area contributed by atoms with Crippen LogP contribution in [0.15, 0.2) is 48.7 Å². The van der Waals surface area contributed by atoms with Crippen molar-refractivity contribution in [3.8, 4) is 11.5 Å². The molecule has 0 atom stereocenters. The Kier molecular flexibility index (Phi) is 3.96. The molecule has 7 nitrogen and oxygen atoms in total. The second kappa shape index (κ2) is 6.44. The van der Waals surface area contributed by atoms with Crippen LogP contribution in [0.2, 0.25) is 0 Å². The number of benzene rings is 2. The number of hydrogen-bond donors (Lipinski definition) is 2. The van der Waals surface area contributed by atoms with Gasteiger partial charge >= 0.3 is 0 Å². The first-order chi connectivity index (χ1) is 12.6. The zero-order valence-corrected chi connectivity index (χ0v) is 14.1. The number of nitrogens with one attached hydrogen (secondary N) is 2. The Bertz CT molecular complexity index is 1010. The molecule has 0 fully saturated rings. The maximum absolute atomic E-state index is 12.5. The van der Waals surface area contributed by atoms with Gasteiger partial charge in [-0.1, -0.05) is 24.3 Å². The van der Waals surface area contributed by atoms with Gasteiger partial charge in [0.05, 0.1) is 11.1 Å². The Labute approximate surface area is 149 Å². The van der Waals surface area contributed by atoms with Crippen LogP contribution in [0, 0.1) is 0 Å². The smallest absolute Gasteiger partial charge is 0.273 e. The van der Waals surface area contributed by atoms with Crippen molar-refractivity contribution in [2.45, 2.75) is 0 Å². The number of hydrogen-bond acceptors (Lipinski definition) is 4. The van der Waals surface area contributed by atoms with Gasteiger partial charge in [0, 0.05) is 24.1 Å². The van der Waals surface area contributed by atoms with Crippen molar-refractivity contribution >= 4 is 22.7 Å². The molecule has 26 heavy (non-hydrogen) atoms. The Balaban J connectivity index is 1.52. The van der Waals surface area contributed by atoms with Crippen molar-refractivity contribution in [2.24, 2.45) is 7.05 Å². The van der Waals surface area contributed by atoms with Gasteiger partial charge in [0.2, 0.25) is 0 Å². The van der Waals surface area contributed by atoms with Gasteiger partial charge in [-0.25, -0.2) is 0 Å². The topological polar surface area (TPSA) is 81.6 Å². The number of para-hydroxylation sites is 2. The zero-order valence-electron chi connectivity index (χ0n) is 14.1. The van der Waals surface area contributed by atoms with Crippen LogP contribution >= 0.6 is 0 Å². The molecule has 0 spiro atoms. The lowest BCUT2D eigenvalue weighted by molar-refractivity contribution is 0.0841. The first-order valence-electron chi connectivity index (χ1n) is 8.18. The number of aryl methyl sites for hydroxylation is 1. The average Bonchev–Trinajstić information content (AvgIpc) is 3.02. The first kappa shape index (κ1) is 16.0. The molecular weight excluding hydrogens is 334 g/mol. The molecular formula is C19H17N3O4. The number of rotatable bonds is 2. The summed E-state index contributed by atoms with van der Waals surface area (Å²) in [5.74, 6) is 0.0398. The van der Waals surface area contributed by atoms with Crippen LogP contribution in [-0.2, 0) is 7.05 Å². The summed E-state index contributed by atoms with van der Waals surface area (Å²) >= 11 is 0. The SMILES string of the molecule is Cn1cc(C(=O)NNC(=O)c2cccc3c2OCCO3)c2ccccc21. The molecule has 7 heteroatoms. The number of nitrogens with zero attached hydrogens (tertiary/aromatic N) is 1. The molecule has 3 aromatic rings. The third-order valence-electron chi connectivity index (χ3n) is 4.24. The number of fused-ring (bicyclic) bond motifs is 2. The van der Waals surface area contributed by atoms with Crippen LogP contribution in [0.4, 0.5) is 0 Å². The Hall–Kier alpha value is -3.48. The molecule has 0 bridgehead atoms. The molecule has 0 saturated heterocycles. The normalized spacial score (nSPS) is 12.7. The minimum absolute atomic E-state index is 0.306. The van der Waals surface area contributed by atoms with E-state index in [1.165, 1.54) is 0 Å². The number of aromatic nitrogens is 1. The fourth-order valence-corrected chi connectivity index (χ4v) is 3.02. The van der Waals surface area contributed by atoms with Gasteiger partial charge < -0.3 is 14.0 Å². The highest BCUT2D eigenvalue weighted by atomic mass is 16.6. The fourth-order valence-electron chi connectivity index (χ4n) is 3.02. The lowest BCUT2D eigenvalue weighted by Crippen LogP contribution is -2.41. The van der Waals surface area contributed by atoms with Crippen LogP contribution in [0.3, 0.4) is 0 Å². The number of amides is 2. The van der Waals surface area contributed by atoms with Gasteiger partial charge in [-0.15, -0.1) is 0 Å². The summed E-state index contributed by atoms with van der Waals surface area (Å²) in [7, 11) is 1.87. The quantitative estimate of drug-likeness (QED) is 0.692. The van der Waals surface area contributed by atoms with Gasteiger partial charge in [-0.05, 0) is 18.2 Å². The summed E-state index contributed by atoms with van der Waals surface area (Å²) in [4.78, 5) is 25.0. The second-order valence-corrected chi connectivity index (χ2v) is 5.91.